The van der Waals surface area contributed by atoms with Crippen LogP contribution in [0.25, 0.3) is 0 Å². The Balaban J connectivity index is 2.33. The van der Waals surface area contributed by atoms with Crippen molar-refractivity contribution in [2.24, 2.45) is 0 Å². The molecule has 1 aromatic heterocycles. The smallest absolute Gasteiger partial charge is 0.328 e. The van der Waals surface area contributed by atoms with E-state index in [1.807, 2.05) is 0 Å². The molecule has 0 aliphatic rings. The van der Waals surface area contributed by atoms with Crippen molar-refractivity contribution < 1.29 is 19.8 Å². The van der Waals surface area contributed by atoms with Gasteiger partial charge in [-0.1, -0.05) is 0 Å². The van der Waals surface area contributed by atoms with Crippen molar-refractivity contribution in [2.75, 3.05) is 6.61 Å². The second-order valence-electron chi connectivity index (χ2n) is 2.88. The molecule has 0 aliphatic carbocycles. The number of carboxylic acid groups (broad SMARTS) is 1. The lowest BCUT2D eigenvalue weighted by Gasteiger charge is -2.11. The summed E-state index contributed by atoms with van der Waals surface area (Å²) in [4.78, 5) is 25.6. The molecule has 1 heterocycles. The van der Waals surface area contributed by atoms with Crippen molar-refractivity contribution in [3.8, 4) is 0 Å². The number of nitrogens with one attached hydrogen (secondary N) is 2. The standard InChI is InChI=1S/C8H11N3O4S/c12-2-6(7(13)14)11-8(15)9-1-5-3-16-4-10-5/h3-4,6,12H,1-2H2,(H,13,14)(H2,9,11,15). The van der Waals surface area contributed by atoms with Crippen LogP contribution < -0.4 is 10.6 Å². The van der Waals surface area contributed by atoms with Crippen molar-refractivity contribution in [2.45, 2.75) is 12.6 Å². The lowest BCUT2D eigenvalue weighted by atomic mass is 10.3. The van der Waals surface area contributed by atoms with E-state index in [-0.39, 0.29) is 6.54 Å². The van der Waals surface area contributed by atoms with Crippen LogP contribution in [0.1, 0.15) is 5.69 Å². The lowest BCUT2D eigenvalue weighted by Crippen LogP contribution is -2.47. The maximum Gasteiger partial charge on any atom is 0.328 e. The van der Waals surface area contributed by atoms with Gasteiger partial charge in [-0.2, -0.15) is 0 Å². The van der Waals surface area contributed by atoms with E-state index in [9.17, 15) is 9.59 Å². The number of carboxylic acids is 1. The summed E-state index contributed by atoms with van der Waals surface area (Å²) in [6, 6.07) is -1.95. The van der Waals surface area contributed by atoms with E-state index in [2.05, 4.69) is 15.6 Å². The van der Waals surface area contributed by atoms with Gasteiger partial charge in [-0.05, 0) is 0 Å². The molecule has 8 heteroatoms. The Morgan fingerprint density at radius 2 is 2.31 bits per heavy atom. The fourth-order valence-corrected chi connectivity index (χ4v) is 1.45. The Morgan fingerprint density at radius 1 is 1.56 bits per heavy atom. The number of carbonyl (C=O) groups is 2. The molecule has 88 valence electrons. The van der Waals surface area contributed by atoms with Crippen LogP contribution in [-0.4, -0.2) is 39.8 Å². The number of urea groups is 1. The monoisotopic (exact) mass is 245 g/mol. The highest BCUT2D eigenvalue weighted by Gasteiger charge is 2.18. The Labute approximate surface area is 95.1 Å². The minimum atomic E-state index is -1.30. The Bertz CT molecular complexity index is 354. The predicted molar refractivity (Wildman–Crippen MR) is 56.0 cm³/mol. The summed E-state index contributed by atoms with van der Waals surface area (Å²) in [6.07, 6.45) is 0. The van der Waals surface area contributed by atoms with Gasteiger partial charge in [-0.3, -0.25) is 0 Å². The second-order valence-corrected chi connectivity index (χ2v) is 3.60. The first-order valence-electron chi connectivity index (χ1n) is 4.38. The van der Waals surface area contributed by atoms with E-state index in [0.717, 1.165) is 0 Å². The summed E-state index contributed by atoms with van der Waals surface area (Å²) in [7, 11) is 0. The zero-order valence-electron chi connectivity index (χ0n) is 8.21. The van der Waals surface area contributed by atoms with Gasteiger partial charge in [0.05, 0.1) is 24.4 Å². The maximum atomic E-state index is 11.2. The molecule has 7 nitrogen and oxygen atoms in total. The predicted octanol–water partition coefficient (Wildman–Crippen LogP) is -0.612. The van der Waals surface area contributed by atoms with E-state index in [1.54, 1.807) is 10.9 Å². The minimum absolute atomic E-state index is 0.215. The molecule has 0 radical (unpaired) electrons. The van der Waals surface area contributed by atoms with Gasteiger partial charge in [-0.25, -0.2) is 14.6 Å². The molecule has 1 aromatic rings. The molecule has 4 N–H and O–H groups in total. The number of aliphatic carboxylic acids is 1. The van der Waals surface area contributed by atoms with Crippen molar-refractivity contribution >= 4 is 23.3 Å². The van der Waals surface area contributed by atoms with Gasteiger partial charge in [0.2, 0.25) is 0 Å². The molecule has 1 unspecified atom stereocenters. The molecule has 0 bridgehead atoms. The van der Waals surface area contributed by atoms with Gasteiger partial charge in [0.15, 0.2) is 6.04 Å². The van der Waals surface area contributed by atoms with Crippen molar-refractivity contribution in [3.05, 3.63) is 16.6 Å². The highest BCUT2D eigenvalue weighted by molar-refractivity contribution is 7.07. The van der Waals surface area contributed by atoms with E-state index in [1.165, 1.54) is 11.3 Å². The normalized spacial score (nSPS) is 11.8. The van der Waals surface area contributed by atoms with Crippen LogP contribution >= 0.6 is 11.3 Å². The van der Waals surface area contributed by atoms with Crippen LogP contribution in [-0.2, 0) is 11.3 Å². The van der Waals surface area contributed by atoms with Gasteiger partial charge in [0, 0.05) is 5.38 Å². The first-order chi connectivity index (χ1) is 7.63. The van der Waals surface area contributed by atoms with Crippen molar-refractivity contribution in [1.82, 2.24) is 15.6 Å². The Kier molecular flexibility index (Phi) is 4.67. The zero-order chi connectivity index (χ0) is 12.0. The first-order valence-corrected chi connectivity index (χ1v) is 5.33. The molecule has 16 heavy (non-hydrogen) atoms. The van der Waals surface area contributed by atoms with Crippen LogP contribution in [0.5, 0.6) is 0 Å². The fraction of sp³-hybridized carbons (Fsp3) is 0.375. The summed E-state index contributed by atoms with van der Waals surface area (Å²) in [6.45, 7) is -0.438. The average Bonchev–Trinajstić information content (AvgIpc) is 2.75. The van der Waals surface area contributed by atoms with Crippen LogP contribution in [0.2, 0.25) is 0 Å². The number of amides is 2. The SMILES string of the molecule is O=C(NCc1cscn1)NC(CO)C(=O)O. The van der Waals surface area contributed by atoms with Gasteiger partial charge >= 0.3 is 12.0 Å². The summed E-state index contributed by atoms with van der Waals surface area (Å²) in [5.41, 5.74) is 2.32. The molecular weight excluding hydrogens is 234 g/mol. The quantitative estimate of drug-likeness (QED) is 0.553. The lowest BCUT2D eigenvalue weighted by molar-refractivity contribution is -0.140. The first kappa shape index (κ1) is 12.4. The summed E-state index contributed by atoms with van der Waals surface area (Å²) < 4.78 is 0. The number of aliphatic hydroxyl groups excluding tert-OH is 1. The molecule has 1 atom stereocenters. The summed E-state index contributed by atoms with van der Waals surface area (Å²) >= 11 is 1.40. The highest BCUT2D eigenvalue weighted by Crippen LogP contribution is 1.99. The van der Waals surface area contributed by atoms with Crippen LogP contribution in [0.4, 0.5) is 4.79 Å². The van der Waals surface area contributed by atoms with Crippen LogP contribution in [0.3, 0.4) is 0 Å². The maximum absolute atomic E-state index is 11.2. The van der Waals surface area contributed by atoms with Crippen molar-refractivity contribution in [1.29, 1.82) is 0 Å². The Morgan fingerprint density at radius 3 is 2.81 bits per heavy atom. The molecule has 1 rings (SSSR count). The zero-order valence-corrected chi connectivity index (χ0v) is 9.03. The minimum Gasteiger partial charge on any atom is -0.480 e. The number of rotatable bonds is 5. The van der Waals surface area contributed by atoms with Crippen molar-refractivity contribution in [3.63, 3.8) is 0 Å². The Hall–Kier alpha value is -1.67. The topological polar surface area (TPSA) is 112 Å². The third kappa shape index (κ3) is 3.83. The van der Waals surface area contributed by atoms with Crippen LogP contribution in [0, 0.1) is 0 Å². The molecule has 0 spiro atoms. The van der Waals surface area contributed by atoms with Gasteiger partial charge in [0.25, 0.3) is 0 Å². The number of hydrogen-bond donors (Lipinski definition) is 4. The number of carbonyl (C=O) groups excluding carboxylic acids is 1. The van der Waals surface area contributed by atoms with Crippen LogP contribution in [0.15, 0.2) is 10.9 Å². The van der Waals surface area contributed by atoms with Gasteiger partial charge in [-0.15, -0.1) is 11.3 Å². The third-order valence-electron chi connectivity index (χ3n) is 1.70. The summed E-state index contributed by atoms with van der Waals surface area (Å²) in [5, 5.41) is 23.5. The largest absolute Gasteiger partial charge is 0.480 e. The molecule has 0 fully saturated rings. The van der Waals surface area contributed by atoms with E-state index in [0.29, 0.717) is 5.69 Å². The number of aromatic nitrogens is 1. The molecular formula is C8H11N3O4S. The number of nitrogens with zero attached hydrogens (tertiary/aromatic N) is 1. The molecule has 2 amide bonds. The molecule has 0 aromatic carbocycles. The van der Waals surface area contributed by atoms with E-state index in [4.69, 9.17) is 10.2 Å². The molecule has 0 aliphatic heterocycles. The third-order valence-corrected chi connectivity index (χ3v) is 2.33. The summed E-state index contributed by atoms with van der Waals surface area (Å²) in [5.74, 6) is -1.29. The van der Waals surface area contributed by atoms with E-state index < -0.39 is 24.6 Å². The van der Waals surface area contributed by atoms with Gasteiger partial charge in [0.1, 0.15) is 0 Å². The number of hydrogen-bond acceptors (Lipinski definition) is 5. The second kappa shape index (κ2) is 6.03. The average molecular weight is 245 g/mol. The number of aliphatic hydroxyl groups is 1. The van der Waals surface area contributed by atoms with Gasteiger partial charge < -0.3 is 20.8 Å². The van der Waals surface area contributed by atoms with E-state index >= 15 is 0 Å². The molecule has 0 saturated carbocycles. The molecule has 0 saturated heterocycles. The highest BCUT2D eigenvalue weighted by atomic mass is 32.1. The number of thiazole rings is 1. The fourth-order valence-electron chi connectivity index (χ4n) is 0.890.